The van der Waals surface area contributed by atoms with Crippen molar-refractivity contribution in [2.75, 3.05) is 5.43 Å². The van der Waals surface area contributed by atoms with Gasteiger partial charge in [0, 0.05) is 0 Å². The minimum absolute atomic E-state index is 0.139. The Labute approximate surface area is 130 Å². The molecule has 0 saturated heterocycles. The van der Waals surface area contributed by atoms with Crippen LogP contribution in [0.2, 0.25) is 0 Å². The molecule has 0 bridgehead atoms. The molecule has 2 rings (SSSR count). The molecule has 4 nitrogen and oxygen atoms in total. The quantitative estimate of drug-likeness (QED) is 0.658. The smallest absolute Gasteiger partial charge is 0.335 e. The van der Waals surface area contributed by atoms with Crippen LogP contribution in [-0.4, -0.2) is 17.3 Å². The molecule has 0 amide bonds. The monoisotopic (exact) mass is 296 g/mol. The Morgan fingerprint density at radius 3 is 2.14 bits per heavy atom. The Morgan fingerprint density at radius 1 is 1.05 bits per heavy atom. The number of carbonyl (C=O) groups is 1. The first-order valence-electron chi connectivity index (χ1n) is 7.09. The molecule has 0 aliphatic rings. The second-order valence-electron chi connectivity index (χ2n) is 6.12. The molecule has 0 aromatic heterocycles. The predicted molar refractivity (Wildman–Crippen MR) is 89.8 cm³/mol. The first-order valence-corrected chi connectivity index (χ1v) is 7.09. The van der Waals surface area contributed by atoms with E-state index in [9.17, 15) is 4.79 Å². The Hall–Kier alpha value is -2.62. The summed E-state index contributed by atoms with van der Waals surface area (Å²) in [4.78, 5) is 10.8. The third-order valence-electron chi connectivity index (χ3n) is 3.32. The number of hydrogen-bond donors (Lipinski definition) is 2. The van der Waals surface area contributed by atoms with Gasteiger partial charge in [-0.3, -0.25) is 5.43 Å². The van der Waals surface area contributed by atoms with Gasteiger partial charge in [0.05, 0.1) is 17.5 Å². The van der Waals surface area contributed by atoms with Crippen LogP contribution >= 0.6 is 0 Å². The Bertz CT molecular complexity index is 666. The van der Waals surface area contributed by atoms with E-state index in [1.54, 1.807) is 18.3 Å². The van der Waals surface area contributed by atoms with Crippen LogP contribution < -0.4 is 5.43 Å². The molecule has 2 aromatic rings. The summed E-state index contributed by atoms with van der Waals surface area (Å²) in [6.45, 7) is 6.54. The minimum Gasteiger partial charge on any atom is -0.478 e. The van der Waals surface area contributed by atoms with Gasteiger partial charge in [-0.1, -0.05) is 45.0 Å². The van der Waals surface area contributed by atoms with Crippen molar-refractivity contribution in [1.82, 2.24) is 0 Å². The zero-order chi connectivity index (χ0) is 16.2. The molecule has 114 valence electrons. The van der Waals surface area contributed by atoms with Gasteiger partial charge in [0.25, 0.3) is 0 Å². The molecule has 0 aliphatic carbocycles. The Balaban J connectivity index is 1.99. The molecule has 0 unspecified atom stereocenters. The van der Waals surface area contributed by atoms with Crippen molar-refractivity contribution >= 4 is 17.9 Å². The van der Waals surface area contributed by atoms with Gasteiger partial charge < -0.3 is 5.11 Å². The maximum absolute atomic E-state index is 10.8. The van der Waals surface area contributed by atoms with Crippen molar-refractivity contribution in [3.05, 3.63) is 65.2 Å². The fraction of sp³-hybridized carbons (Fsp3) is 0.222. The number of nitrogens with one attached hydrogen (secondary N) is 1. The standard InChI is InChI=1S/C18H20N2O2/c1-18(2,3)15-8-4-13(5-9-15)12-19-20-16-10-6-14(7-11-16)17(21)22/h4-12,20H,1-3H3,(H,21,22). The molecule has 0 saturated carbocycles. The molecule has 4 heteroatoms. The topological polar surface area (TPSA) is 61.7 Å². The van der Waals surface area contributed by atoms with E-state index >= 15 is 0 Å². The van der Waals surface area contributed by atoms with Gasteiger partial charge in [-0.15, -0.1) is 0 Å². The van der Waals surface area contributed by atoms with Crippen LogP contribution in [0.3, 0.4) is 0 Å². The average molecular weight is 296 g/mol. The van der Waals surface area contributed by atoms with Gasteiger partial charge in [-0.05, 0) is 40.8 Å². The number of aromatic carboxylic acids is 1. The molecular weight excluding hydrogens is 276 g/mol. The van der Waals surface area contributed by atoms with Crippen molar-refractivity contribution in [3.8, 4) is 0 Å². The lowest BCUT2D eigenvalue weighted by Gasteiger charge is -2.18. The second-order valence-corrected chi connectivity index (χ2v) is 6.12. The number of carboxylic acid groups (broad SMARTS) is 1. The molecule has 0 heterocycles. The van der Waals surface area contributed by atoms with Crippen LogP contribution in [-0.2, 0) is 5.41 Å². The minimum atomic E-state index is -0.936. The van der Waals surface area contributed by atoms with Gasteiger partial charge in [-0.25, -0.2) is 4.79 Å². The predicted octanol–water partition coefficient (Wildman–Crippen LogP) is 4.13. The number of hydrazone groups is 1. The van der Waals surface area contributed by atoms with Crippen molar-refractivity contribution in [2.24, 2.45) is 5.10 Å². The molecule has 0 atom stereocenters. The van der Waals surface area contributed by atoms with Gasteiger partial charge in [-0.2, -0.15) is 5.10 Å². The number of anilines is 1. The fourth-order valence-electron chi connectivity index (χ4n) is 1.94. The third kappa shape index (κ3) is 4.19. The van der Waals surface area contributed by atoms with Crippen LogP contribution in [0.4, 0.5) is 5.69 Å². The second kappa shape index (κ2) is 6.43. The van der Waals surface area contributed by atoms with Crippen LogP contribution in [0.15, 0.2) is 53.6 Å². The summed E-state index contributed by atoms with van der Waals surface area (Å²) in [5, 5.41) is 13.0. The maximum atomic E-state index is 10.8. The Kier molecular flexibility index (Phi) is 4.61. The molecule has 0 radical (unpaired) electrons. The molecule has 2 N–H and O–H groups in total. The van der Waals surface area contributed by atoms with Crippen LogP contribution in [0.5, 0.6) is 0 Å². The highest BCUT2D eigenvalue weighted by Gasteiger charge is 2.12. The third-order valence-corrected chi connectivity index (χ3v) is 3.32. The van der Waals surface area contributed by atoms with E-state index in [-0.39, 0.29) is 11.0 Å². The molecule has 0 fully saturated rings. The lowest BCUT2D eigenvalue weighted by atomic mass is 9.87. The van der Waals surface area contributed by atoms with Crippen LogP contribution in [0.1, 0.15) is 42.3 Å². The Morgan fingerprint density at radius 2 is 1.64 bits per heavy atom. The van der Waals surface area contributed by atoms with E-state index in [1.165, 1.54) is 17.7 Å². The van der Waals surface area contributed by atoms with Gasteiger partial charge in [0.1, 0.15) is 0 Å². The zero-order valence-corrected chi connectivity index (χ0v) is 13.0. The molecule has 22 heavy (non-hydrogen) atoms. The lowest BCUT2D eigenvalue weighted by Crippen LogP contribution is -2.10. The maximum Gasteiger partial charge on any atom is 0.335 e. The number of hydrogen-bond acceptors (Lipinski definition) is 3. The van der Waals surface area contributed by atoms with Crippen LogP contribution in [0.25, 0.3) is 0 Å². The van der Waals surface area contributed by atoms with E-state index in [2.05, 4.69) is 43.4 Å². The molecule has 0 spiro atoms. The summed E-state index contributed by atoms with van der Waals surface area (Å²) in [5.74, 6) is -0.936. The summed E-state index contributed by atoms with van der Waals surface area (Å²) < 4.78 is 0. The lowest BCUT2D eigenvalue weighted by molar-refractivity contribution is 0.0697. The number of nitrogens with zero attached hydrogens (tertiary/aromatic N) is 1. The molecule has 2 aromatic carbocycles. The van der Waals surface area contributed by atoms with Crippen molar-refractivity contribution in [3.63, 3.8) is 0 Å². The van der Waals surface area contributed by atoms with E-state index in [0.717, 1.165) is 11.3 Å². The van der Waals surface area contributed by atoms with Crippen LogP contribution in [0, 0.1) is 0 Å². The highest BCUT2D eigenvalue weighted by atomic mass is 16.4. The van der Waals surface area contributed by atoms with Gasteiger partial charge in [0.15, 0.2) is 0 Å². The SMILES string of the molecule is CC(C)(C)c1ccc(C=NNc2ccc(C(=O)O)cc2)cc1. The van der Waals surface area contributed by atoms with Crippen molar-refractivity contribution in [2.45, 2.75) is 26.2 Å². The summed E-state index contributed by atoms with van der Waals surface area (Å²) in [5.41, 5.74) is 6.30. The fourth-order valence-corrected chi connectivity index (χ4v) is 1.94. The highest BCUT2D eigenvalue weighted by Crippen LogP contribution is 2.21. The van der Waals surface area contributed by atoms with Gasteiger partial charge >= 0.3 is 5.97 Å². The normalized spacial score (nSPS) is 11.6. The highest BCUT2D eigenvalue weighted by molar-refractivity contribution is 5.88. The number of carboxylic acids is 1. The first kappa shape index (κ1) is 15.8. The number of benzene rings is 2. The van der Waals surface area contributed by atoms with E-state index in [4.69, 9.17) is 5.11 Å². The van der Waals surface area contributed by atoms with Crippen molar-refractivity contribution in [1.29, 1.82) is 0 Å². The molecular formula is C18H20N2O2. The van der Waals surface area contributed by atoms with E-state index in [1.807, 2.05) is 12.1 Å². The zero-order valence-electron chi connectivity index (χ0n) is 13.0. The average Bonchev–Trinajstić information content (AvgIpc) is 2.47. The van der Waals surface area contributed by atoms with Gasteiger partial charge in [0.2, 0.25) is 0 Å². The number of rotatable bonds is 4. The van der Waals surface area contributed by atoms with E-state index < -0.39 is 5.97 Å². The summed E-state index contributed by atoms with van der Waals surface area (Å²) >= 11 is 0. The van der Waals surface area contributed by atoms with Crippen molar-refractivity contribution < 1.29 is 9.90 Å². The summed E-state index contributed by atoms with van der Waals surface area (Å²) in [7, 11) is 0. The molecule has 0 aliphatic heterocycles. The van der Waals surface area contributed by atoms with E-state index in [0.29, 0.717) is 0 Å². The summed E-state index contributed by atoms with van der Waals surface area (Å²) in [6, 6.07) is 14.7. The summed E-state index contributed by atoms with van der Waals surface area (Å²) in [6.07, 6.45) is 1.73. The largest absolute Gasteiger partial charge is 0.478 e. The first-order chi connectivity index (χ1) is 10.4.